The van der Waals surface area contributed by atoms with Crippen LogP contribution in [0.25, 0.3) is 0 Å². The van der Waals surface area contributed by atoms with Gasteiger partial charge in [0, 0.05) is 0 Å². The van der Waals surface area contributed by atoms with Gasteiger partial charge in [0.1, 0.15) is 6.16 Å². The topological polar surface area (TPSA) is 60.7 Å². The van der Waals surface area contributed by atoms with Crippen LogP contribution >= 0.6 is 7.94 Å². The first-order chi connectivity index (χ1) is 9.56. The second-order valence-electron chi connectivity index (χ2n) is 6.01. The zero-order valence-electron chi connectivity index (χ0n) is 13.4. The molecule has 20 heavy (non-hydrogen) atoms. The van der Waals surface area contributed by atoms with Gasteiger partial charge < -0.3 is 0 Å². The van der Waals surface area contributed by atoms with Crippen molar-refractivity contribution >= 4 is 7.94 Å². The predicted molar refractivity (Wildman–Crippen MR) is 88.8 cm³/mol. The number of hydrogen-bond acceptors (Lipinski definition) is 3. The van der Waals surface area contributed by atoms with Crippen LogP contribution in [0.4, 0.5) is 0 Å². The summed E-state index contributed by atoms with van der Waals surface area (Å²) in [5.74, 6) is 0. The van der Waals surface area contributed by atoms with Crippen LogP contribution in [0.3, 0.4) is 0 Å². The van der Waals surface area contributed by atoms with E-state index in [0.29, 0.717) is 0 Å². The Labute approximate surface area is 126 Å². The molecule has 3 N–H and O–H groups in total. The summed E-state index contributed by atoms with van der Waals surface area (Å²) in [6.45, 7) is 2.26. The van der Waals surface area contributed by atoms with Gasteiger partial charge in [0.05, 0.1) is 0 Å². The van der Waals surface area contributed by atoms with Crippen LogP contribution in [0.2, 0.25) is 0 Å². The van der Waals surface area contributed by atoms with Crippen molar-refractivity contribution in [3.05, 3.63) is 0 Å². The van der Waals surface area contributed by atoms with Crippen LogP contribution in [0.1, 0.15) is 96.8 Å². The standard InChI is InChI=1S/C16H36O3P/c1-2-3-4-5-6-7-8-9-10-11-12-13-14-15-16-20(17,18)19/h17-19H,2-16H2,1H3/q+1. The van der Waals surface area contributed by atoms with Gasteiger partial charge in [-0.25, -0.2) is 0 Å². The highest BCUT2D eigenvalue weighted by atomic mass is 31.2. The smallest absolute Gasteiger partial charge is 0.193 e. The molecule has 0 unspecified atom stereocenters. The van der Waals surface area contributed by atoms with Gasteiger partial charge in [-0.15, -0.1) is 0 Å². The second-order valence-corrected chi connectivity index (χ2v) is 7.84. The van der Waals surface area contributed by atoms with Crippen LogP contribution in [0.15, 0.2) is 0 Å². The Morgan fingerprint density at radius 2 is 0.800 bits per heavy atom. The molecular weight excluding hydrogens is 271 g/mol. The molecule has 0 aromatic rings. The maximum Gasteiger partial charge on any atom is 0.403 e. The van der Waals surface area contributed by atoms with Gasteiger partial charge in [0.15, 0.2) is 0 Å². The molecule has 0 amide bonds. The molecule has 0 aromatic carbocycles. The van der Waals surface area contributed by atoms with E-state index in [0.717, 1.165) is 19.3 Å². The molecule has 0 saturated heterocycles. The summed E-state index contributed by atoms with van der Waals surface area (Å²) in [5, 5.41) is 0. The molecule has 0 heterocycles. The molecule has 0 aliphatic rings. The summed E-state index contributed by atoms with van der Waals surface area (Å²) in [6, 6.07) is 0. The van der Waals surface area contributed by atoms with E-state index in [9.17, 15) is 0 Å². The number of rotatable bonds is 15. The van der Waals surface area contributed by atoms with E-state index in [2.05, 4.69) is 6.92 Å². The van der Waals surface area contributed by atoms with E-state index in [1.54, 1.807) is 0 Å². The van der Waals surface area contributed by atoms with Crippen molar-refractivity contribution in [1.82, 2.24) is 0 Å². The summed E-state index contributed by atoms with van der Waals surface area (Å²) >= 11 is 0. The van der Waals surface area contributed by atoms with E-state index >= 15 is 0 Å². The van der Waals surface area contributed by atoms with Gasteiger partial charge >= 0.3 is 7.94 Å². The molecule has 0 saturated carbocycles. The lowest BCUT2D eigenvalue weighted by Gasteiger charge is -2.04. The average molecular weight is 307 g/mol. The van der Waals surface area contributed by atoms with E-state index < -0.39 is 7.94 Å². The molecular formula is C16H36O3P+. The zero-order chi connectivity index (χ0) is 15.1. The van der Waals surface area contributed by atoms with Crippen molar-refractivity contribution in [2.24, 2.45) is 0 Å². The molecule has 122 valence electrons. The fourth-order valence-electron chi connectivity index (χ4n) is 2.52. The number of hydrogen-bond donors (Lipinski definition) is 3. The van der Waals surface area contributed by atoms with Crippen LogP contribution < -0.4 is 0 Å². The Morgan fingerprint density at radius 3 is 1.10 bits per heavy atom. The third-order valence-corrected chi connectivity index (χ3v) is 4.73. The van der Waals surface area contributed by atoms with E-state index in [1.807, 2.05) is 0 Å². The molecule has 0 fully saturated rings. The summed E-state index contributed by atoms with van der Waals surface area (Å²) < 4.78 is 0. The molecule has 0 radical (unpaired) electrons. The van der Waals surface area contributed by atoms with Crippen molar-refractivity contribution in [3.63, 3.8) is 0 Å². The lowest BCUT2D eigenvalue weighted by molar-refractivity contribution is 0.328. The van der Waals surface area contributed by atoms with E-state index in [4.69, 9.17) is 14.7 Å². The van der Waals surface area contributed by atoms with E-state index in [-0.39, 0.29) is 6.16 Å². The van der Waals surface area contributed by atoms with Crippen molar-refractivity contribution in [2.75, 3.05) is 6.16 Å². The van der Waals surface area contributed by atoms with Crippen molar-refractivity contribution in [2.45, 2.75) is 96.8 Å². The summed E-state index contributed by atoms with van der Waals surface area (Å²) in [6.07, 6.45) is 18.1. The van der Waals surface area contributed by atoms with E-state index in [1.165, 1.54) is 70.6 Å². The zero-order valence-corrected chi connectivity index (χ0v) is 14.3. The SMILES string of the molecule is CCCCCCCCCCCCCCCC[P+](O)(O)O. The minimum Gasteiger partial charge on any atom is -0.193 e. The fourth-order valence-corrected chi connectivity index (χ4v) is 3.17. The lowest BCUT2D eigenvalue weighted by atomic mass is 10.0. The first-order valence-electron chi connectivity index (χ1n) is 8.62. The summed E-state index contributed by atoms with van der Waals surface area (Å²) in [5.41, 5.74) is 0. The van der Waals surface area contributed by atoms with Gasteiger partial charge in [-0.3, -0.25) is 0 Å². The highest BCUT2D eigenvalue weighted by Crippen LogP contribution is 2.45. The van der Waals surface area contributed by atoms with Crippen molar-refractivity contribution in [1.29, 1.82) is 0 Å². The molecule has 0 aromatic heterocycles. The van der Waals surface area contributed by atoms with Gasteiger partial charge in [0.2, 0.25) is 0 Å². The Hall–Kier alpha value is 0.310. The molecule has 0 bridgehead atoms. The molecule has 4 heteroatoms. The highest BCUT2D eigenvalue weighted by molar-refractivity contribution is 7.58. The Kier molecular flexibility index (Phi) is 14.5. The Balaban J connectivity index is 2.99. The molecule has 0 aliphatic heterocycles. The molecule has 0 atom stereocenters. The molecule has 0 rings (SSSR count). The van der Waals surface area contributed by atoms with Gasteiger partial charge in [0.25, 0.3) is 0 Å². The third-order valence-electron chi connectivity index (χ3n) is 3.81. The second kappa shape index (κ2) is 14.3. The molecule has 0 aliphatic carbocycles. The maximum atomic E-state index is 8.83. The van der Waals surface area contributed by atoms with Gasteiger partial charge in [-0.05, 0) is 12.8 Å². The Morgan fingerprint density at radius 1 is 0.500 bits per heavy atom. The Bertz CT molecular complexity index is 193. The molecule has 3 nitrogen and oxygen atoms in total. The van der Waals surface area contributed by atoms with Gasteiger partial charge in [-0.2, -0.15) is 14.7 Å². The molecule has 0 spiro atoms. The van der Waals surface area contributed by atoms with Crippen molar-refractivity contribution in [3.8, 4) is 0 Å². The summed E-state index contributed by atoms with van der Waals surface area (Å²) in [4.78, 5) is 26.5. The van der Waals surface area contributed by atoms with Crippen molar-refractivity contribution < 1.29 is 14.7 Å². The largest absolute Gasteiger partial charge is 0.403 e. The quantitative estimate of drug-likeness (QED) is 0.287. The van der Waals surface area contributed by atoms with Crippen LogP contribution in [0.5, 0.6) is 0 Å². The van der Waals surface area contributed by atoms with Crippen LogP contribution in [0, 0.1) is 0 Å². The average Bonchev–Trinajstić information content (AvgIpc) is 2.38. The minimum absolute atomic E-state index is 0.172. The van der Waals surface area contributed by atoms with Crippen LogP contribution in [-0.4, -0.2) is 20.8 Å². The monoisotopic (exact) mass is 307 g/mol. The van der Waals surface area contributed by atoms with Gasteiger partial charge in [-0.1, -0.05) is 84.0 Å². The first-order valence-corrected chi connectivity index (χ1v) is 10.5. The highest BCUT2D eigenvalue weighted by Gasteiger charge is 2.27. The minimum atomic E-state index is -3.50. The summed E-state index contributed by atoms with van der Waals surface area (Å²) in [7, 11) is -3.50. The first kappa shape index (κ1) is 20.3. The maximum absolute atomic E-state index is 8.83. The number of unbranched alkanes of at least 4 members (excludes halogenated alkanes) is 13. The lowest BCUT2D eigenvalue weighted by Crippen LogP contribution is -1.95. The third kappa shape index (κ3) is 18.3. The van der Waals surface area contributed by atoms with Crippen LogP contribution in [-0.2, 0) is 0 Å². The normalized spacial score (nSPS) is 12.0. The predicted octanol–water partition coefficient (Wildman–Crippen LogP) is 5.21. The fraction of sp³-hybridized carbons (Fsp3) is 1.00.